The second kappa shape index (κ2) is 3.77. The van der Waals surface area contributed by atoms with E-state index in [2.05, 4.69) is 6.92 Å². The quantitative estimate of drug-likeness (QED) is 0.746. The van der Waals surface area contributed by atoms with Gasteiger partial charge < -0.3 is 9.47 Å². The molecule has 4 heteroatoms. The summed E-state index contributed by atoms with van der Waals surface area (Å²) in [5.74, 6) is -0.0278. The van der Waals surface area contributed by atoms with Gasteiger partial charge in [-0.2, -0.15) is 0 Å². The van der Waals surface area contributed by atoms with Crippen molar-refractivity contribution in [3.8, 4) is 0 Å². The van der Waals surface area contributed by atoms with Crippen LogP contribution in [0.5, 0.6) is 0 Å². The SMILES string of the molecule is CCC(C)(C)C(=O)OC1(C)C2OC(=O)C3CC1(C)CC32. The van der Waals surface area contributed by atoms with E-state index in [1.54, 1.807) is 0 Å². The molecule has 2 aliphatic carbocycles. The summed E-state index contributed by atoms with van der Waals surface area (Å²) in [5.41, 5.74) is -1.31. The smallest absolute Gasteiger partial charge is 0.312 e. The summed E-state index contributed by atoms with van der Waals surface area (Å²) in [4.78, 5) is 24.4. The Balaban J connectivity index is 1.90. The number of carbonyl (C=O) groups is 2. The zero-order valence-corrected chi connectivity index (χ0v) is 13.0. The van der Waals surface area contributed by atoms with E-state index in [9.17, 15) is 9.59 Å². The first-order valence-corrected chi connectivity index (χ1v) is 7.58. The molecule has 0 aromatic rings. The summed E-state index contributed by atoms with van der Waals surface area (Å²) < 4.78 is 11.5. The van der Waals surface area contributed by atoms with Gasteiger partial charge in [-0.1, -0.05) is 13.8 Å². The average Bonchev–Trinajstić information content (AvgIpc) is 2.90. The highest BCUT2D eigenvalue weighted by Crippen LogP contribution is 2.67. The Bertz CT molecular complexity index is 483. The lowest BCUT2D eigenvalue weighted by molar-refractivity contribution is -0.197. The molecule has 0 radical (unpaired) electrons. The third-order valence-electron chi connectivity index (χ3n) is 6.29. The van der Waals surface area contributed by atoms with Gasteiger partial charge in [0.1, 0.15) is 6.10 Å². The van der Waals surface area contributed by atoms with E-state index in [0.29, 0.717) is 0 Å². The molecule has 0 aromatic carbocycles. The molecular weight excluding hydrogens is 256 g/mol. The van der Waals surface area contributed by atoms with Crippen molar-refractivity contribution in [3.63, 3.8) is 0 Å². The van der Waals surface area contributed by atoms with Crippen molar-refractivity contribution in [2.75, 3.05) is 0 Å². The van der Waals surface area contributed by atoms with E-state index in [4.69, 9.17) is 9.47 Å². The van der Waals surface area contributed by atoms with Crippen LogP contribution < -0.4 is 0 Å². The van der Waals surface area contributed by atoms with Gasteiger partial charge in [0.05, 0.1) is 11.3 Å². The number of fused-ring (bicyclic) bond motifs is 1. The molecule has 0 amide bonds. The van der Waals surface area contributed by atoms with E-state index in [1.807, 2.05) is 27.7 Å². The lowest BCUT2D eigenvalue weighted by Gasteiger charge is -2.44. The maximum atomic E-state index is 12.5. The van der Waals surface area contributed by atoms with Crippen LogP contribution in [0.2, 0.25) is 0 Å². The van der Waals surface area contributed by atoms with Crippen molar-refractivity contribution in [1.82, 2.24) is 0 Å². The van der Waals surface area contributed by atoms with Gasteiger partial charge in [0, 0.05) is 11.3 Å². The van der Waals surface area contributed by atoms with Gasteiger partial charge >= 0.3 is 11.9 Å². The number of rotatable bonds is 3. The lowest BCUT2D eigenvalue weighted by Crippen LogP contribution is -2.54. The molecular formula is C16H24O4. The monoisotopic (exact) mass is 280 g/mol. The normalized spacial score (nSPS) is 45.6. The Labute approximate surface area is 120 Å². The van der Waals surface area contributed by atoms with Crippen molar-refractivity contribution in [1.29, 1.82) is 0 Å². The first kappa shape index (κ1) is 13.9. The highest BCUT2D eigenvalue weighted by Gasteiger charge is 2.74. The predicted molar refractivity (Wildman–Crippen MR) is 72.8 cm³/mol. The van der Waals surface area contributed by atoms with Gasteiger partial charge in [-0.15, -0.1) is 0 Å². The molecule has 3 fully saturated rings. The average molecular weight is 280 g/mol. The molecule has 0 N–H and O–H groups in total. The summed E-state index contributed by atoms with van der Waals surface area (Å²) in [5, 5.41) is 0. The van der Waals surface area contributed by atoms with Gasteiger partial charge in [0.2, 0.25) is 0 Å². The topological polar surface area (TPSA) is 52.6 Å². The third kappa shape index (κ3) is 1.48. The largest absolute Gasteiger partial charge is 0.458 e. The minimum Gasteiger partial charge on any atom is -0.458 e. The Morgan fingerprint density at radius 3 is 2.65 bits per heavy atom. The minimum atomic E-state index is -0.677. The summed E-state index contributed by atoms with van der Waals surface area (Å²) in [6, 6.07) is 0. The Morgan fingerprint density at radius 2 is 2.05 bits per heavy atom. The molecule has 1 saturated heterocycles. The molecule has 0 aromatic heterocycles. The molecule has 2 bridgehead atoms. The maximum absolute atomic E-state index is 12.5. The van der Waals surface area contributed by atoms with Crippen LogP contribution in [0.3, 0.4) is 0 Å². The molecule has 112 valence electrons. The predicted octanol–water partition coefficient (Wildman–Crippen LogP) is 2.70. The van der Waals surface area contributed by atoms with Crippen LogP contribution in [-0.4, -0.2) is 23.6 Å². The van der Waals surface area contributed by atoms with E-state index < -0.39 is 11.0 Å². The van der Waals surface area contributed by atoms with Crippen molar-refractivity contribution in [2.45, 2.75) is 65.6 Å². The van der Waals surface area contributed by atoms with Gasteiger partial charge in [0.15, 0.2) is 5.60 Å². The fourth-order valence-corrected chi connectivity index (χ4v) is 4.18. The van der Waals surface area contributed by atoms with Crippen LogP contribution >= 0.6 is 0 Å². The Hall–Kier alpha value is -1.06. The van der Waals surface area contributed by atoms with E-state index >= 15 is 0 Å². The second-order valence-electron chi connectivity index (χ2n) is 7.83. The van der Waals surface area contributed by atoms with Crippen LogP contribution in [0, 0.1) is 22.7 Å². The van der Waals surface area contributed by atoms with Gasteiger partial charge in [-0.25, -0.2) is 0 Å². The van der Waals surface area contributed by atoms with Gasteiger partial charge in [-0.05, 0) is 40.0 Å². The van der Waals surface area contributed by atoms with Gasteiger partial charge in [-0.3, -0.25) is 9.59 Å². The fourth-order valence-electron chi connectivity index (χ4n) is 4.18. The molecule has 20 heavy (non-hydrogen) atoms. The number of carbonyl (C=O) groups excluding carboxylic acids is 2. The highest BCUT2D eigenvalue weighted by atomic mass is 16.6. The second-order valence-corrected chi connectivity index (χ2v) is 7.83. The molecule has 2 saturated carbocycles. The molecule has 4 nitrogen and oxygen atoms in total. The van der Waals surface area contributed by atoms with E-state index in [-0.39, 0.29) is 35.3 Å². The molecule has 3 aliphatic rings. The van der Waals surface area contributed by atoms with Gasteiger partial charge in [0.25, 0.3) is 0 Å². The number of hydrogen-bond acceptors (Lipinski definition) is 4. The summed E-state index contributed by atoms with van der Waals surface area (Å²) in [7, 11) is 0. The maximum Gasteiger partial charge on any atom is 0.312 e. The number of ether oxygens (including phenoxy) is 2. The van der Waals surface area contributed by atoms with Crippen molar-refractivity contribution in [2.24, 2.45) is 22.7 Å². The summed E-state index contributed by atoms with van der Waals surface area (Å²) in [6.07, 6.45) is 2.18. The number of esters is 2. The molecule has 1 heterocycles. The van der Waals surface area contributed by atoms with E-state index in [0.717, 1.165) is 19.3 Å². The molecule has 3 rings (SSSR count). The Kier molecular flexibility index (Phi) is 2.62. The lowest BCUT2D eigenvalue weighted by atomic mass is 9.70. The van der Waals surface area contributed by atoms with Crippen LogP contribution in [-0.2, 0) is 19.1 Å². The van der Waals surface area contributed by atoms with E-state index in [1.165, 1.54) is 0 Å². The number of hydrogen-bond donors (Lipinski definition) is 0. The third-order valence-corrected chi connectivity index (χ3v) is 6.29. The zero-order valence-electron chi connectivity index (χ0n) is 13.0. The van der Waals surface area contributed by atoms with Crippen LogP contribution in [0.4, 0.5) is 0 Å². The van der Waals surface area contributed by atoms with Crippen LogP contribution in [0.15, 0.2) is 0 Å². The first-order chi connectivity index (χ1) is 9.14. The summed E-state index contributed by atoms with van der Waals surface area (Å²) >= 11 is 0. The van der Waals surface area contributed by atoms with Crippen molar-refractivity contribution < 1.29 is 19.1 Å². The molecule has 0 spiro atoms. The highest BCUT2D eigenvalue weighted by molar-refractivity contribution is 5.79. The molecule has 5 atom stereocenters. The summed E-state index contributed by atoms with van der Waals surface area (Å²) in [6.45, 7) is 9.87. The fraction of sp³-hybridized carbons (Fsp3) is 0.875. The van der Waals surface area contributed by atoms with Crippen LogP contribution in [0.1, 0.15) is 53.9 Å². The van der Waals surface area contributed by atoms with Crippen molar-refractivity contribution >= 4 is 11.9 Å². The Morgan fingerprint density at radius 1 is 1.40 bits per heavy atom. The standard InChI is InChI=1S/C16H24O4/c1-6-14(2,3)13(18)20-16(5)11-9-7-15(16,4)8-10(9)12(17)19-11/h9-11H,6-8H2,1-5H3. The minimum absolute atomic E-state index is 0.0240. The van der Waals surface area contributed by atoms with Crippen LogP contribution in [0.25, 0.3) is 0 Å². The van der Waals surface area contributed by atoms with Crippen molar-refractivity contribution in [3.05, 3.63) is 0 Å². The zero-order chi connectivity index (χ0) is 14.9. The molecule has 1 aliphatic heterocycles. The first-order valence-electron chi connectivity index (χ1n) is 7.58. The molecule has 5 unspecified atom stereocenters.